The summed E-state index contributed by atoms with van der Waals surface area (Å²) in [7, 11) is 0. The van der Waals surface area contributed by atoms with E-state index in [0.29, 0.717) is 23.7 Å². The van der Waals surface area contributed by atoms with Gasteiger partial charge in [-0.05, 0) is 82.2 Å². The molecule has 0 aliphatic rings. The molecule has 0 fully saturated rings. The van der Waals surface area contributed by atoms with Crippen molar-refractivity contribution in [3.8, 4) is 17.2 Å². The average Bonchev–Trinajstić information content (AvgIpc) is 2.73. The number of rotatable bonds is 12. The zero-order chi connectivity index (χ0) is 22.8. The lowest BCUT2D eigenvalue weighted by atomic mass is 10.0. The van der Waals surface area contributed by atoms with Gasteiger partial charge in [-0.3, -0.25) is 4.79 Å². The number of benzene rings is 2. The minimum absolute atomic E-state index is 0.00915. The molecular formula is C27H34O4. The second kappa shape index (κ2) is 12.0. The number of ether oxygens (including phenoxy) is 3. The van der Waals surface area contributed by atoms with Gasteiger partial charge >= 0.3 is 0 Å². The zero-order valence-electron chi connectivity index (χ0n) is 19.3. The van der Waals surface area contributed by atoms with Crippen LogP contribution in [0.1, 0.15) is 62.5 Å². The van der Waals surface area contributed by atoms with Crippen LogP contribution in [0.25, 0.3) is 6.08 Å². The molecule has 0 bridgehead atoms. The summed E-state index contributed by atoms with van der Waals surface area (Å²) in [4.78, 5) is 12.8. The first-order chi connectivity index (χ1) is 14.8. The molecule has 2 rings (SSSR count). The first kappa shape index (κ1) is 24.3. The van der Waals surface area contributed by atoms with Crippen molar-refractivity contribution >= 4 is 11.9 Å². The van der Waals surface area contributed by atoms with Crippen LogP contribution < -0.4 is 14.2 Å². The van der Waals surface area contributed by atoms with E-state index in [9.17, 15) is 4.79 Å². The Bertz CT molecular complexity index is 892. The number of hydrogen-bond acceptors (Lipinski definition) is 4. The molecule has 0 unspecified atom stereocenters. The maximum absolute atomic E-state index is 12.8. The standard InChI is InChI=1S/C27H34O4/c1-7-9-22-12-17-26(30-19(3)4)24(27(22)31-20(5)6)15-16-25(28)21-10-13-23(14-11-21)29-18-8-2/h8,10-17,19-20H,2,7,9,18H2,1,3-6H3. The number of carbonyl (C=O) groups excluding carboxylic acids is 1. The highest BCUT2D eigenvalue weighted by molar-refractivity contribution is 6.07. The third kappa shape index (κ3) is 7.32. The van der Waals surface area contributed by atoms with Crippen molar-refractivity contribution in [3.05, 3.63) is 71.8 Å². The van der Waals surface area contributed by atoms with Gasteiger partial charge in [0.1, 0.15) is 23.9 Å². The second-order valence-corrected chi connectivity index (χ2v) is 7.87. The summed E-state index contributed by atoms with van der Waals surface area (Å²) in [5, 5.41) is 0. The number of aryl methyl sites for hydroxylation is 1. The maximum Gasteiger partial charge on any atom is 0.185 e. The van der Waals surface area contributed by atoms with E-state index < -0.39 is 0 Å². The molecule has 0 spiro atoms. The fraction of sp³-hybridized carbons (Fsp3) is 0.370. The van der Waals surface area contributed by atoms with Gasteiger partial charge in [0.05, 0.1) is 17.8 Å². The van der Waals surface area contributed by atoms with Crippen molar-refractivity contribution in [2.24, 2.45) is 0 Å². The van der Waals surface area contributed by atoms with Gasteiger partial charge in [-0.2, -0.15) is 0 Å². The highest BCUT2D eigenvalue weighted by atomic mass is 16.5. The lowest BCUT2D eigenvalue weighted by Gasteiger charge is -2.21. The third-order valence-electron chi connectivity index (χ3n) is 4.38. The van der Waals surface area contributed by atoms with Gasteiger partial charge in [-0.25, -0.2) is 0 Å². The minimum Gasteiger partial charge on any atom is -0.490 e. The Morgan fingerprint density at radius 3 is 2.26 bits per heavy atom. The van der Waals surface area contributed by atoms with Gasteiger partial charge in [0.25, 0.3) is 0 Å². The molecule has 2 aromatic carbocycles. The number of carbonyl (C=O) groups is 1. The van der Waals surface area contributed by atoms with E-state index in [1.54, 1.807) is 42.5 Å². The Morgan fingerprint density at radius 1 is 1.00 bits per heavy atom. The van der Waals surface area contributed by atoms with Crippen LogP contribution in [-0.2, 0) is 6.42 Å². The van der Waals surface area contributed by atoms with E-state index in [0.717, 1.165) is 29.7 Å². The van der Waals surface area contributed by atoms with E-state index in [2.05, 4.69) is 19.6 Å². The Morgan fingerprint density at radius 2 is 1.68 bits per heavy atom. The molecule has 0 atom stereocenters. The first-order valence-electron chi connectivity index (χ1n) is 10.9. The monoisotopic (exact) mass is 422 g/mol. The van der Waals surface area contributed by atoms with Gasteiger partial charge < -0.3 is 14.2 Å². The molecule has 0 amide bonds. The van der Waals surface area contributed by atoms with Gasteiger partial charge in [-0.1, -0.05) is 32.1 Å². The summed E-state index contributed by atoms with van der Waals surface area (Å²) in [5.74, 6) is 2.10. The molecule has 0 aliphatic heterocycles. The van der Waals surface area contributed by atoms with Crippen LogP contribution in [0.15, 0.2) is 55.1 Å². The molecule has 0 saturated heterocycles. The number of ketones is 1. The molecule has 2 aromatic rings. The highest BCUT2D eigenvalue weighted by Crippen LogP contribution is 2.36. The molecule has 4 heteroatoms. The highest BCUT2D eigenvalue weighted by Gasteiger charge is 2.16. The third-order valence-corrected chi connectivity index (χ3v) is 4.38. The Balaban J connectivity index is 2.39. The van der Waals surface area contributed by atoms with Crippen LogP contribution in [-0.4, -0.2) is 24.6 Å². The van der Waals surface area contributed by atoms with Crippen molar-refractivity contribution in [1.29, 1.82) is 0 Å². The van der Waals surface area contributed by atoms with Crippen LogP contribution in [0.4, 0.5) is 0 Å². The Labute approximate surface area is 186 Å². The smallest absolute Gasteiger partial charge is 0.185 e. The number of hydrogen-bond donors (Lipinski definition) is 0. The van der Waals surface area contributed by atoms with E-state index in [1.165, 1.54) is 0 Å². The van der Waals surface area contributed by atoms with Crippen LogP contribution in [0.5, 0.6) is 17.2 Å². The lowest BCUT2D eigenvalue weighted by Crippen LogP contribution is -2.12. The lowest BCUT2D eigenvalue weighted by molar-refractivity contribution is 0.104. The molecule has 0 N–H and O–H groups in total. The molecule has 0 aliphatic carbocycles. The van der Waals surface area contributed by atoms with Gasteiger partial charge in [0.2, 0.25) is 0 Å². The van der Waals surface area contributed by atoms with Gasteiger partial charge in [-0.15, -0.1) is 0 Å². The fourth-order valence-corrected chi connectivity index (χ4v) is 3.11. The minimum atomic E-state index is -0.0952. The first-order valence-corrected chi connectivity index (χ1v) is 10.9. The van der Waals surface area contributed by atoms with Crippen molar-refractivity contribution in [2.45, 2.75) is 59.7 Å². The van der Waals surface area contributed by atoms with Crippen molar-refractivity contribution in [1.82, 2.24) is 0 Å². The molecule has 0 aromatic heterocycles. The molecule has 0 radical (unpaired) electrons. The van der Waals surface area contributed by atoms with E-state index in [1.807, 2.05) is 33.8 Å². The van der Waals surface area contributed by atoms with E-state index in [4.69, 9.17) is 14.2 Å². The summed E-state index contributed by atoms with van der Waals surface area (Å²) >= 11 is 0. The molecule has 0 saturated carbocycles. The topological polar surface area (TPSA) is 44.8 Å². The van der Waals surface area contributed by atoms with Crippen LogP contribution >= 0.6 is 0 Å². The van der Waals surface area contributed by atoms with Crippen molar-refractivity contribution < 1.29 is 19.0 Å². The second-order valence-electron chi connectivity index (χ2n) is 7.87. The van der Waals surface area contributed by atoms with Crippen LogP contribution in [0.2, 0.25) is 0 Å². The average molecular weight is 423 g/mol. The fourth-order valence-electron chi connectivity index (χ4n) is 3.11. The summed E-state index contributed by atoms with van der Waals surface area (Å²) in [6.07, 6.45) is 6.98. The Hall–Kier alpha value is -3.01. The molecule has 4 nitrogen and oxygen atoms in total. The van der Waals surface area contributed by atoms with E-state index in [-0.39, 0.29) is 18.0 Å². The maximum atomic E-state index is 12.8. The predicted octanol–water partition coefficient (Wildman–Crippen LogP) is 6.67. The molecular weight excluding hydrogens is 388 g/mol. The summed E-state index contributed by atoms with van der Waals surface area (Å²) in [6, 6.07) is 11.1. The largest absolute Gasteiger partial charge is 0.490 e. The molecule has 31 heavy (non-hydrogen) atoms. The SMILES string of the molecule is C=CCOc1ccc(C(=O)C=Cc2c(OC(C)C)ccc(CCC)c2OC(C)C)cc1. The van der Waals surface area contributed by atoms with Crippen LogP contribution in [0, 0.1) is 0 Å². The van der Waals surface area contributed by atoms with Crippen molar-refractivity contribution in [2.75, 3.05) is 6.61 Å². The van der Waals surface area contributed by atoms with E-state index >= 15 is 0 Å². The quantitative estimate of drug-likeness (QED) is 0.218. The predicted molar refractivity (Wildman–Crippen MR) is 127 cm³/mol. The molecule has 0 heterocycles. The van der Waals surface area contributed by atoms with Gasteiger partial charge in [0.15, 0.2) is 5.78 Å². The summed E-state index contributed by atoms with van der Waals surface area (Å²) in [5.41, 5.74) is 2.50. The zero-order valence-corrected chi connectivity index (χ0v) is 19.3. The Kier molecular flexibility index (Phi) is 9.39. The normalized spacial score (nSPS) is 11.2. The van der Waals surface area contributed by atoms with Crippen LogP contribution in [0.3, 0.4) is 0 Å². The van der Waals surface area contributed by atoms with Gasteiger partial charge in [0, 0.05) is 5.56 Å². The summed E-state index contributed by atoms with van der Waals surface area (Å²) in [6.45, 7) is 14.2. The number of allylic oxidation sites excluding steroid dienone is 1. The van der Waals surface area contributed by atoms with Crippen molar-refractivity contribution in [3.63, 3.8) is 0 Å². The summed E-state index contributed by atoms with van der Waals surface area (Å²) < 4.78 is 17.7. The molecule has 166 valence electrons.